The number of hydrogen-bond acceptors (Lipinski definition) is 3. The molecular formula is C18H26O3. The van der Waals surface area contributed by atoms with Gasteiger partial charge in [0.05, 0.1) is 12.5 Å². The molecule has 5 fully saturated rings. The van der Waals surface area contributed by atoms with E-state index in [-0.39, 0.29) is 18.0 Å². The van der Waals surface area contributed by atoms with Gasteiger partial charge in [0.1, 0.15) is 6.10 Å². The molecule has 0 aromatic heterocycles. The predicted molar refractivity (Wildman–Crippen MR) is 77.5 cm³/mol. The molecule has 0 aromatic rings. The quantitative estimate of drug-likeness (QED) is 0.733. The molecule has 0 amide bonds. The van der Waals surface area contributed by atoms with Crippen LogP contribution in [0.15, 0.2) is 0 Å². The van der Waals surface area contributed by atoms with Crippen molar-refractivity contribution in [1.82, 2.24) is 0 Å². The molecule has 5 rings (SSSR count). The Bertz CT molecular complexity index is 477. The highest BCUT2D eigenvalue weighted by atomic mass is 16.6. The Morgan fingerprint density at radius 2 is 1.81 bits per heavy atom. The molecule has 5 unspecified atom stereocenters. The first-order chi connectivity index (χ1) is 10.2. The van der Waals surface area contributed by atoms with E-state index in [1.54, 1.807) is 7.11 Å². The van der Waals surface area contributed by atoms with E-state index in [1.807, 2.05) is 0 Å². The molecule has 1 aliphatic heterocycles. The molecule has 4 aliphatic carbocycles. The summed E-state index contributed by atoms with van der Waals surface area (Å²) in [5.41, 5.74) is 1.21. The van der Waals surface area contributed by atoms with Crippen LogP contribution in [-0.4, -0.2) is 25.8 Å². The Balaban J connectivity index is 1.52. The highest BCUT2D eigenvalue weighted by molar-refractivity contribution is 5.75. The predicted octanol–water partition coefficient (Wildman–Crippen LogP) is 3.17. The van der Waals surface area contributed by atoms with Crippen LogP contribution in [0.25, 0.3) is 0 Å². The second kappa shape index (κ2) is 4.04. The van der Waals surface area contributed by atoms with E-state index in [0.717, 1.165) is 5.92 Å². The summed E-state index contributed by atoms with van der Waals surface area (Å²) in [6, 6.07) is 0. The Kier molecular flexibility index (Phi) is 2.48. The molecule has 3 heteroatoms. The van der Waals surface area contributed by atoms with Crippen molar-refractivity contribution in [1.29, 1.82) is 0 Å². The molecule has 0 aromatic carbocycles. The molecule has 4 saturated carbocycles. The van der Waals surface area contributed by atoms with Gasteiger partial charge in [0.25, 0.3) is 0 Å². The normalized spacial score (nSPS) is 47.9. The van der Waals surface area contributed by atoms with Crippen molar-refractivity contribution in [3.63, 3.8) is 0 Å². The standard InChI is InChI=1S/C18H26O3/c1-20-10-12-11-2-4-17(6-7-17)13-3-5-18(8-9-18)14(13)15(11)21-16(12)19/h11-15H,2-10H2,1H3. The maximum Gasteiger partial charge on any atom is 0.312 e. The number of carbonyl (C=O) groups is 1. The Hall–Kier alpha value is -0.570. The molecule has 5 atom stereocenters. The molecule has 0 N–H and O–H groups in total. The van der Waals surface area contributed by atoms with Gasteiger partial charge in [-0.2, -0.15) is 0 Å². The first kappa shape index (κ1) is 12.9. The average Bonchev–Trinajstić information content (AvgIpc) is 3.34. The lowest BCUT2D eigenvalue weighted by Gasteiger charge is -2.33. The first-order valence-corrected chi connectivity index (χ1v) is 8.89. The van der Waals surface area contributed by atoms with Crippen molar-refractivity contribution in [2.24, 2.45) is 34.5 Å². The Morgan fingerprint density at radius 3 is 2.48 bits per heavy atom. The number of esters is 1. The van der Waals surface area contributed by atoms with Gasteiger partial charge in [-0.1, -0.05) is 0 Å². The first-order valence-electron chi connectivity index (χ1n) is 8.89. The van der Waals surface area contributed by atoms with Crippen LogP contribution in [0.4, 0.5) is 0 Å². The lowest BCUT2D eigenvalue weighted by molar-refractivity contribution is -0.148. The molecule has 1 heterocycles. The number of rotatable bonds is 2. The molecule has 3 nitrogen and oxygen atoms in total. The SMILES string of the molecule is COCC1C(=O)OC2C1CCC1(CC1)C1CCC3(CC3)C21. The number of ether oxygens (including phenoxy) is 2. The third-order valence-corrected chi connectivity index (χ3v) is 7.83. The van der Waals surface area contributed by atoms with Crippen LogP contribution < -0.4 is 0 Å². The minimum atomic E-state index is 0.00551. The summed E-state index contributed by atoms with van der Waals surface area (Å²) >= 11 is 0. The molecule has 116 valence electrons. The number of fused-ring (bicyclic) bond motifs is 5. The molecular weight excluding hydrogens is 264 g/mol. The third kappa shape index (κ3) is 1.62. The van der Waals surface area contributed by atoms with Gasteiger partial charge < -0.3 is 9.47 Å². The van der Waals surface area contributed by atoms with Crippen molar-refractivity contribution in [3.8, 4) is 0 Å². The van der Waals surface area contributed by atoms with Crippen LogP contribution in [-0.2, 0) is 14.3 Å². The zero-order chi connectivity index (χ0) is 14.2. The zero-order valence-corrected chi connectivity index (χ0v) is 13.0. The molecule has 1 saturated heterocycles. The fourth-order valence-electron chi connectivity index (χ4n) is 6.43. The fourth-order valence-corrected chi connectivity index (χ4v) is 6.43. The summed E-state index contributed by atoms with van der Waals surface area (Å²) in [5.74, 6) is 1.99. The van der Waals surface area contributed by atoms with E-state index >= 15 is 0 Å². The molecule has 2 spiro atoms. The van der Waals surface area contributed by atoms with E-state index in [2.05, 4.69) is 0 Å². The number of methoxy groups -OCH3 is 1. The van der Waals surface area contributed by atoms with Crippen LogP contribution in [0.3, 0.4) is 0 Å². The van der Waals surface area contributed by atoms with Crippen molar-refractivity contribution >= 4 is 5.97 Å². The summed E-state index contributed by atoms with van der Waals surface area (Å²) in [6.07, 6.45) is 11.2. The summed E-state index contributed by atoms with van der Waals surface area (Å²) < 4.78 is 11.3. The van der Waals surface area contributed by atoms with Crippen LogP contribution >= 0.6 is 0 Å². The van der Waals surface area contributed by atoms with Gasteiger partial charge in [-0.25, -0.2) is 0 Å². The van der Waals surface area contributed by atoms with E-state index in [1.165, 1.54) is 51.4 Å². The fraction of sp³-hybridized carbons (Fsp3) is 0.944. The van der Waals surface area contributed by atoms with Gasteiger partial charge in [-0.05, 0) is 68.1 Å². The molecule has 21 heavy (non-hydrogen) atoms. The zero-order valence-electron chi connectivity index (χ0n) is 13.0. The minimum Gasteiger partial charge on any atom is -0.461 e. The van der Waals surface area contributed by atoms with Crippen LogP contribution in [0.1, 0.15) is 51.4 Å². The van der Waals surface area contributed by atoms with Crippen molar-refractivity contribution in [3.05, 3.63) is 0 Å². The topological polar surface area (TPSA) is 35.5 Å². The third-order valence-electron chi connectivity index (χ3n) is 7.83. The molecule has 0 bridgehead atoms. The van der Waals surface area contributed by atoms with Gasteiger partial charge in [0.15, 0.2) is 0 Å². The van der Waals surface area contributed by atoms with Crippen LogP contribution in [0.5, 0.6) is 0 Å². The monoisotopic (exact) mass is 290 g/mol. The van der Waals surface area contributed by atoms with Gasteiger partial charge in [0.2, 0.25) is 0 Å². The average molecular weight is 290 g/mol. The van der Waals surface area contributed by atoms with Crippen LogP contribution in [0, 0.1) is 34.5 Å². The highest BCUT2D eigenvalue weighted by Crippen LogP contribution is 2.74. The largest absolute Gasteiger partial charge is 0.461 e. The Morgan fingerprint density at radius 1 is 1.10 bits per heavy atom. The Labute approximate surface area is 126 Å². The van der Waals surface area contributed by atoms with Gasteiger partial charge >= 0.3 is 5.97 Å². The summed E-state index contributed by atoms with van der Waals surface area (Å²) in [6.45, 7) is 0.553. The second-order valence-electron chi connectivity index (χ2n) is 8.56. The second-order valence-corrected chi connectivity index (χ2v) is 8.56. The van der Waals surface area contributed by atoms with E-state index in [0.29, 0.717) is 29.3 Å². The van der Waals surface area contributed by atoms with Gasteiger partial charge in [-0.15, -0.1) is 0 Å². The van der Waals surface area contributed by atoms with Gasteiger partial charge in [-0.3, -0.25) is 4.79 Å². The molecule has 5 aliphatic rings. The number of carbonyl (C=O) groups excluding carboxylic acids is 1. The lowest BCUT2D eigenvalue weighted by Crippen LogP contribution is -2.35. The maximum atomic E-state index is 12.3. The number of hydrogen-bond donors (Lipinski definition) is 0. The summed E-state index contributed by atoms with van der Waals surface area (Å²) in [7, 11) is 1.71. The summed E-state index contributed by atoms with van der Waals surface area (Å²) in [5, 5.41) is 0. The highest BCUT2D eigenvalue weighted by Gasteiger charge is 2.69. The van der Waals surface area contributed by atoms with Gasteiger partial charge in [0, 0.05) is 18.9 Å². The van der Waals surface area contributed by atoms with E-state index in [4.69, 9.17) is 9.47 Å². The summed E-state index contributed by atoms with van der Waals surface area (Å²) in [4.78, 5) is 12.3. The van der Waals surface area contributed by atoms with Crippen molar-refractivity contribution < 1.29 is 14.3 Å². The molecule has 0 radical (unpaired) electrons. The van der Waals surface area contributed by atoms with E-state index < -0.39 is 0 Å². The van der Waals surface area contributed by atoms with E-state index in [9.17, 15) is 4.79 Å². The lowest BCUT2D eigenvalue weighted by atomic mass is 9.74. The van der Waals surface area contributed by atoms with Crippen molar-refractivity contribution in [2.75, 3.05) is 13.7 Å². The maximum absolute atomic E-state index is 12.3. The van der Waals surface area contributed by atoms with Crippen molar-refractivity contribution in [2.45, 2.75) is 57.5 Å². The minimum absolute atomic E-state index is 0.00551. The smallest absolute Gasteiger partial charge is 0.312 e. The van der Waals surface area contributed by atoms with Crippen LogP contribution in [0.2, 0.25) is 0 Å².